The van der Waals surface area contributed by atoms with Crippen molar-refractivity contribution >= 4 is 12.0 Å². The van der Waals surface area contributed by atoms with Gasteiger partial charge in [0.15, 0.2) is 0 Å². The van der Waals surface area contributed by atoms with Crippen LogP contribution in [0.25, 0.3) is 0 Å². The minimum Gasteiger partial charge on any atom is -0.480 e. The molecular weight excluding hydrogens is 307 g/mol. The molecule has 5 N–H and O–H groups in total. The number of hydrogen-bond donors (Lipinski definition) is 4. The van der Waals surface area contributed by atoms with E-state index in [1.165, 1.54) is 6.92 Å². The van der Waals surface area contributed by atoms with Crippen molar-refractivity contribution in [3.8, 4) is 0 Å². The molecular formula is C11H14F3N5O3. The van der Waals surface area contributed by atoms with Gasteiger partial charge in [0, 0.05) is 12.2 Å². The maximum Gasteiger partial charge on any atom is 0.433 e. The number of carboxylic acid groups (broad SMARTS) is 1. The van der Waals surface area contributed by atoms with Gasteiger partial charge in [-0.05, 0) is 13.0 Å². The Morgan fingerprint density at radius 1 is 1.36 bits per heavy atom. The summed E-state index contributed by atoms with van der Waals surface area (Å²) >= 11 is 0. The van der Waals surface area contributed by atoms with E-state index in [2.05, 4.69) is 20.6 Å². The van der Waals surface area contributed by atoms with E-state index in [1.54, 1.807) is 0 Å². The first-order valence-corrected chi connectivity index (χ1v) is 6.01. The molecule has 2 amide bonds. The first-order valence-electron chi connectivity index (χ1n) is 6.01. The third kappa shape index (κ3) is 5.52. The summed E-state index contributed by atoms with van der Waals surface area (Å²) in [6, 6.07) is -1.29. The Morgan fingerprint density at radius 3 is 2.55 bits per heavy atom. The van der Waals surface area contributed by atoms with Gasteiger partial charge >= 0.3 is 18.2 Å². The van der Waals surface area contributed by atoms with E-state index in [1.807, 2.05) is 0 Å². The van der Waals surface area contributed by atoms with Crippen molar-refractivity contribution in [2.45, 2.75) is 25.7 Å². The highest BCUT2D eigenvalue weighted by molar-refractivity contribution is 5.77. The summed E-state index contributed by atoms with van der Waals surface area (Å²) in [6.45, 7) is 0.689. The smallest absolute Gasteiger partial charge is 0.433 e. The number of urea groups is 1. The van der Waals surface area contributed by atoms with Gasteiger partial charge in [-0.25, -0.2) is 14.8 Å². The molecule has 0 bridgehead atoms. The molecule has 1 heterocycles. The number of alkyl halides is 3. The average molecular weight is 321 g/mol. The zero-order valence-electron chi connectivity index (χ0n) is 11.4. The number of hydrogen-bond acceptors (Lipinski definition) is 5. The lowest BCUT2D eigenvalue weighted by molar-refractivity contribution is -0.141. The number of aryl methyl sites for hydroxylation is 1. The Labute approximate surface area is 122 Å². The Morgan fingerprint density at radius 2 is 2.00 bits per heavy atom. The van der Waals surface area contributed by atoms with Crippen LogP contribution < -0.4 is 16.4 Å². The summed E-state index contributed by atoms with van der Waals surface area (Å²) in [7, 11) is 0. The quantitative estimate of drug-likeness (QED) is 0.604. The van der Waals surface area contributed by atoms with Gasteiger partial charge < -0.3 is 21.5 Å². The maximum absolute atomic E-state index is 12.6. The highest BCUT2D eigenvalue weighted by atomic mass is 19.4. The highest BCUT2D eigenvalue weighted by Gasteiger charge is 2.33. The zero-order valence-corrected chi connectivity index (χ0v) is 11.4. The number of amides is 2. The van der Waals surface area contributed by atoms with Crippen LogP contribution in [0, 0.1) is 6.92 Å². The second-order valence-electron chi connectivity index (χ2n) is 4.32. The van der Waals surface area contributed by atoms with Crippen molar-refractivity contribution in [2.24, 2.45) is 5.73 Å². The molecule has 1 atom stereocenters. The molecule has 0 saturated carbocycles. The Bertz CT molecular complexity index is 564. The molecule has 0 aromatic carbocycles. The number of carbonyl (C=O) groups is 2. The normalized spacial score (nSPS) is 12.6. The van der Waals surface area contributed by atoms with Crippen molar-refractivity contribution in [2.75, 3.05) is 6.54 Å². The molecule has 0 fully saturated rings. The molecule has 11 heteroatoms. The van der Waals surface area contributed by atoms with Crippen molar-refractivity contribution in [3.05, 3.63) is 23.3 Å². The van der Waals surface area contributed by atoms with Crippen LogP contribution in [0.5, 0.6) is 0 Å². The number of rotatable bonds is 5. The van der Waals surface area contributed by atoms with Gasteiger partial charge in [0.1, 0.15) is 17.6 Å². The monoisotopic (exact) mass is 321 g/mol. The predicted octanol–water partition coefficient (Wildman–Crippen LogP) is 0.0149. The van der Waals surface area contributed by atoms with Crippen LogP contribution in [-0.4, -0.2) is 39.7 Å². The number of aliphatic carboxylic acids is 1. The molecule has 0 aliphatic heterocycles. The number of carboxylic acids is 1. The fourth-order valence-electron chi connectivity index (χ4n) is 1.37. The van der Waals surface area contributed by atoms with Gasteiger partial charge in [0.2, 0.25) is 0 Å². The molecule has 0 saturated heterocycles. The Hall–Kier alpha value is -2.43. The molecule has 22 heavy (non-hydrogen) atoms. The Balaban J connectivity index is 2.59. The average Bonchev–Trinajstić information content (AvgIpc) is 2.40. The van der Waals surface area contributed by atoms with Gasteiger partial charge in [-0.2, -0.15) is 13.2 Å². The largest absolute Gasteiger partial charge is 0.480 e. The van der Waals surface area contributed by atoms with E-state index < -0.39 is 29.9 Å². The van der Waals surface area contributed by atoms with Crippen LogP contribution >= 0.6 is 0 Å². The SMILES string of the molecule is Cc1cc(C(F)(F)F)nc(CNC(=O)NC[C@H](N)C(=O)O)n1. The van der Waals surface area contributed by atoms with Crippen LogP contribution in [0.15, 0.2) is 6.07 Å². The molecule has 0 radical (unpaired) electrons. The van der Waals surface area contributed by atoms with Crippen LogP contribution in [-0.2, 0) is 17.5 Å². The van der Waals surface area contributed by atoms with Crippen LogP contribution in [0.4, 0.5) is 18.0 Å². The molecule has 0 aliphatic rings. The highest BCUT2D eigenvalue weighted by Crippen LogP contribution is 2.27. The van der Waals surface area contributed by atoms with Crippen molar-refractivity contribution in [1.29, 1.82) is 0 Å². The number of nitrogens with two attached hydrogens (primary N) is 1. The summed E-state index contributed by atoms with van der Waals surface area (Å²) < 4.78 is 37.7. The molecule has 1 aromatic rings. The summed E-state index contributed by atoms with van der Waals surface area (Å²) in [6.07, 6.45) is -4.61. The summed E-state index contributed by atoms with van der Waals surface area (Å²) in [5, 5.41) is 12.9. The molecule has 1 aromatic heterocycles. The van der Waals surface area contributed by atoms with Crippen molar-refractivity contribution in [3.63, 3.8) is 0 Å². The van der Waals surface area contributed by atoms with Gasteiger partial charge in [0.25, 0.3) is 0 Å². The van der Waals surface area contributed by atoms with Gasteiger partial charge in [-0.3, -0.25) is 4.79 Å². The van der Waals surface area contributed by atoms with E-state index in [9.17, 15) is 22.8 Å². The van der Waals surface area contributed by atoms with Crippen molar-refractivity contribution in [1.82, 2.24) is 20.6 Å². The molecule has 0 unspecified atom stereocenters. The number of halogens is 3. The third-order valence-corrected chi connectivity index (χ3v) is 2.40. The second-order valence-corrected chi connectivity index (χ2v) is 4.32. The number of nitrogens with one attached hydrogen (secondary N) is 2. The first kappa shape index (κ1) is 17.6. The number of aromatic nitrogens is 2. The first-order chi connectivity index (χ1) is 10.1. The minimum absolute atomic E-state index is 0.104. The lowest BCUT2D eigenvalue weighted by atomic mass is 10.3. The van der Waals surface area contributed by atoms with E-state index in [4.69, 9.17) is 10.8 Å². The van der Waals surface area contributed by atoms with E-state index >= 15 is 0 Å². The predicted molar refractivity (Wildman–Crippen MR) is 67.6 cm³/mol. The summed E-state index contributed by atoms with van der Waals surface area (Å²) in [5.74, 6) is -1.51. The lowest BCUT2D eigenvalue weighted by Gasteiger charge is -2.11. The van der Waals surface area contributed by atoms with E-state index in [0.29, 0.717) is 0 Å². The Kier molecular flexibility index (Phi) is 5.63. The molecule has 8 nitrogen and oxygen atoms in total. The molecule has 0 aliphatic carbocycles. The van der Waals surface area contributed by atoms with Crippen LogP contribution in [0.1, 0.15) is 17.2 Å². The standard InChI is InChI=1S/C11H14F3N5O3/c1-5-2-7(11(12,13)14)19-8(18-5)4-17-10(22)16-3-6(15)9(20)21/h2,6H,3-4,15H2,1H3,(H,20,21)(H2,16,17,22)/t6-/m0/s1. The third-order valence-electron chi connectivity index (χ3n) is 2.40. The van der Waals surface area contributed by atoms with Gasteiger partial charge in [-0.15, -0.1) is 0 Å². The van der Waals surface area contributed by atoms with Crippen LogP contribution in [0.2, 0.25) is 0 Å². The number of carbonyl (C=O) groups excluding carboxylic acids is 1. The lowest BCUT2D eigenvalue weighted by Crippen LogP contribution is -2.45. The number of nitrogens with zero attached hydrogens (tertiary/aromatic N) is 2. The maximum atomic E-state index is 12.6. The van der Waals surface area contributed by atoms with Gasteiger partial charge in [-0.1, -0.05) is 0 Å². The van der Waals surface area contributed by atoms with Crippen molar-refractivity contribution < 1.29 is 27.9 Å². The zero-order chi connectivity index (χ0) is 16.9. The second kappa shape index (κ2) is 7.02. The molecule has 0 spiro atoms. The topological polar surface area (TPSA) is 130 Å². The van der Waals surface area contributed by atoms with E-state index in [-0.39, 0.29) is 24.6 Å². The molecule has 122 valence electrons. The molecule has 1 rings (SSSR count). The van der Waals surface area contributed by atoms with Crippen LogP contribution in [0.3, 0.4) is 0 Å². The van der Waals surface area contributed by atoms with Gasteiger partial charge in [0.05, 0.1) is 6.54 Å². The summed E-state index contributed by atoms with van der Waals surface area (Å²) in [5.41, 5.74) is 4.17. The fraction of sp³-hybridized carbons (Fsp3) is 0.455. The van der Waals surface area contributed by atoms with E-state index in [0.717, 1.165) is 6.07 Å². The summed E-state index contributed by atoms with van der Waals surface area (Å²) in [4.78, 5) is 28.9. The fourth-order valence-corrected chi connectivity index (χ4v) is 1.37. The minimum atomic E-state index is -4.61.